The fraction of sp³-hybridized carbons (Fsp3) is 0.562. The van der Waals surface area contributed by atoms with Gasteiger partial charge in [-0.1, -0.05) is 26.0 Å². The van der Waals surface area contributed by atoms with E-state index in [9.17, 15) is 9.18 Å². The standard InChI is InChI=1S/C16H25FN2O/c1-3-11-19(12-4-2)16(20)13-18-10-9-14-5-7-15(17)8-6-14/h5-8,18H,3-4,9-13H2,1-2H3. The average molecular weight is 280 g/mol. The van der Waals surface area contributed by atoms with Gasteiger partial charge in [-0.15, -0.1) is 0 Å². The molecule has 1 aromatic rings. The Bertz CT molecular complexity index is 386. The number of carbonyl (C=O) groups excluding carboxylic acids is 1. The van der Waals surface area contributed by atoms with Crippen LogP contribution < -0.4 is 5.32 Å². The second-order valence-corrected chi connectivity index (χ2v) is 4.93. The molecule has 0 spiro atoms. The molecule has 1 N–H and O–H groups in total. The average Bonchev–Trinajstić information content (AvgIpc) is 2.45. The third kappa shape index (κ3) is 6.15. The van der Waals surface area contributed by atoms with Gasteiger partial charge in [0.15, 0.2) is 0 Å². The first-order chi connectivity index (χ1) is 9.67. The summed E-state index contributed by atoms with van der Waals surface area (Å²) >= 11 is 0. The molecule has 0 saturated carbocycles. The molecule has 0 aliphatic carbocycles. The van der Waals surface area contributed by atoms with Gasteiger partial charge in [-0.05, 0) is 43.5 Å². The van der Waals surface area contributed by atoms with Crippen molar-refractivity contribution >= 4 is 5.91 Å². The van der Waals surface area contributed by atoms with Gasteiger partial charge in [-0.3, -0.25) is 4.79 Å². The van der Waals surface area contributed by atoms with Crippen LogP contribution in [0, 0.1) is 5.82 Å². The molecule has 0 radical (unpaired) electrons. The summed E-state index contributed by atoms with van der Waals surface area (Å²) in [7, 11) is 0. The zero-order valence-corrected chi connectivity index (χ0v) is 12.5. The molecule has 1 amide bonds. The summed E-state index contributed by atoms with van der Waals surface area (Å²) in [4.78, 5) is 13.9. The number of benzene rings is 1. The van der Waals surface area contributed by atoms with Crippen LogP contribution in [-0.2, 0) is 11.2 Å². The molecule has 0 bridgehead atoms. The monoisotopic (exact) mass is 280 g/mol. The van der Waals surface area contributed by atoms with Gasteiger partial charge in [-0.2, -0.15) is 0 Å². The highest BCUT2D eigenvalue weighted by atomic mass is 19.1. The molecule has 0 saturated heterocycles. The van der Waals surface area contributed by atoms with Crippen LogP contribution in [0.1, 0.15) is 32.3 Å². The van der Waals surface area contributed by atoms with E-state index < -0.39 is 0 Å². The Balaban J connectivity index is 2.25. The Kier molecular flexibility index (Phi) is 7.88. The zero-order valence-electron chi connectivity index (χ0n) is 12.5. The van der Waals surface area contributed by atoms with Crippen molar-refractivity contribution in [2.75, 3.05) is 26.2 Å². The molecule has 0 unspecified atom stereocenters. The number of hydrogen-bond donors (Lipinski definition) is 1. The Morgan fingerprint density at radius 3 is 2.30 bits per heavy atom. The van der Waals surface area contributed by atoms with Gasteiger partial charge >= 0.3 is 0 Å². The number of nitrogens with one attached hydrogen (secondary N) is 1. The molecule has 3 nitrogen and oxygen atoms in total. The predicted molar refractivity (Wildman–Crippen MR) is 80.1 cm³/mol. The van der Waals surface area contributed by atoms with E-state index in [4.69, 9.17) is 0 Å². The number of nitrogens with zero attached hydrogens (tertiary/aromatic N) is 1. The van der Waals surface area contributed by atoms with E-state index in [0.29, 0.717) is 6.54 Å². The Morgan fingerprint density at radius 1 is 1.15 bits per heavy atom. The van der Waals surface area contributed by atoms with Crippen LogP contribution >= 0.6 is 0 Å². The minimum absolute atomic E-state index is 0.160. The normalized spacial score (nSPS) is 10.6. The molecule has 0 atom stereocenters. The number of carbonyl (C=O) groups is 1. The van der Waals surface area contributed by atoms with Crippen molar-refractivity contribution in [2.45, 2.75) is 33.1 Å². The van der Waals surface area contributed by atoms with Crippen LogP contribution in [0.25, 0.3) is 0 Å². The largest absolute Gasteiger partial charge is 0.342 e. The minimum atomic E-state index is -0.216. The first-order valence-corrected chi connectivity index (χ1v) is 7.40. The zero-order chi connectivity index (χ0) is 14.8. The van der Waals surface area contributed by atoms with Crippen LogP contribution in [0.4, 0.5) is 4.39 Å². The van der Waals surface area contributed by atoms with Gasteiger partial charge in [0.1, 0.15) is 5.82 Å². The summed E-state index contributed by atoms with van der Waals surface area (Å²) in [5.41, 5.74) is 1.07. The number of halogens is 1. The highest BCUT2D eigenvalue weighted by Crippen LogP contribution is 2.02. The summed E-state index contributed by atoms with van der Waals surface area (Å²) in [5.74, 6) is -0.0560. The molecular formula is C16H25FN2O. The minimum Gasteiger partial charge on any atom is -0.342 e. The first-order valence-electron chi connectivity index (χ1n) is 7.40. The van der Waals surface area contributed by atoms with E-state index in [1.54, 1.807) is 12.1 Å². The van der Waals surface area contributed by atoms with Crippen LogP contribution in [0.2, 0.25) is 0 Å². The second-order valence-electron chi connectivity index (χ2n) is 4.93. The van der Waals surface area contributed by atoms with E-state index in [1.165, 1.54) is 12.1 Å². The quantitative estimate of drug-likeness (QED) is 0.705. The lowest BCUT2D eigenvalue weighted by Gasteiger charge is -2.21. The Morgan fingerprint density at radius 2 is 1.75 bits per heavy atom. The molecule has 20 heavy (non-hydrogen) atoms. The van der Waals surface area contributed by atoms with Gasteiger partial charge < -0.3 is 10.2 Å². The highest BCUT2D eigenvalue weighted by Gasteiger charge is 2.10. The van der Waals surface area contributed by atoms with Crippen molar-refractivity contribution in [1.29, 1.82) is 0 Å². The van der Waals surface area contributed by atoms with Crippen molar-refractivity contribution < 1.29 is 9.18 Å². The fourth-order valence-corrected chi connectivity index (χ4v) is 2.09. The molecule has 0 aliphatic rings. The molecular weight excluding hydrogens is 255 g/mol. The van der Waals surface area contributed by atoms with Crippen molar-refractivity contribution in [1.82, 2.24) is 10.2 Å². The van der Waals surface area contributed by atoms with Gasteiger partial charge in [0, 0.05) is 13.1 Å². The maximum atomic E-state index is 12.7. The smallest absolute Gasteiger partial charge is 0.236 e. The molecule has 4 heteroatoms. The summed E-state index contributed by atoms with van der Waals surface area (Å²) in [6.45, 7) is 6.92. The van der Waals surface area contributed by atoms with Crippen molar-refractivity contribution in [2.24, 2.45) is 0 Å². The van der Waals surface area contributed by atoms with Crippen LogP contribution in [0.15, 0.2) is 24.3 Å². The van der Waals surface area contributed by atoms with E-state index in [1.807, 2.05) is 4.90 Å². The van der Waals surface area contributed by atoms with Gasteiger partial charge in [-0.25, -0.2) is 4.39 Å². The van der Waals surface area contributed by atoms with E-state index in [0.717, 1.165) is 44.5 Å². The van der Waals surface area contributed by atoms with Crippen LogP contribution in [-0.4, -0.2) is 37.0 Å². The Hall–Kier alpha value is -1.42. The van der Waals surface area contributed by atoms with Gasteiger partial charge in [0.05, 0.1) is 6.54 Å². The van der Waals surface area contributed by atoms with Crippen molar-refractivity contribution in [3.05, 3.63) is 35.6 Å². The molecule has 1 aromatic carbocycles. The van der Waals surface area contributed by atoms with Gasteiger partial charge in [0.2, 0.25) is 5.91 Å². The molecule has 0 aromatic heterocycles. The number of rotatable bonds is 9. The van der Waals surface area contributed by atoms with E-state index in [2.05, 4.69) is 19.2 Å². The molecule has 112 valence electrons. The Labute approximate surface area is 121 Å². The predicted octanol–water partition coefficient (Wildman–Crippen LogP) is 2.61. The molecule has 1 rings (SSSR count). The fourth-order valence-electron chi connectivity index (χ4n) is 2.09. The van der Waals surface area contributed by atoms with Crippen molar-refractivity contribution in [3.63, 3.8) is 0 Å². The van der Waals surface area contributed by atoms with E-state index >= 15 is 0 Å². The first kappa shape index (κ1) is 16.6. The van der Waals surface area contributed by atoms with Gasteiger partial charge in [0.25, 0.3) is 0 Å². The maximum absolute atomic E-state index is 12.7. The second kappa shape index (κ2) is 9.48. The van der Waals surface area contributed by atoms with Crippen LogP contribution in [0.3, 0.4) is 0 Å². The third-order valence-corrected chi connectivity index (χ3v) is 3.12. The maximum Gasteiger partial charge on any atom is 0.236 e. The highest BCUT2D eigenvalue weighted by molar-refractivity contribution is 5.78. The number of hydrogen-bond acceptors (Lipinski definition) is 2. The summed E-state index contributed by atoms with van der Waals surface area (Å²) < 4.78 is 12.7. The van der Waals surface area contributed by atoms with Crippen molar-refractivity contribution in [3.8, 4) is 0 Å². The van der Waals surface area contributed by atoms with Crippen LogP contribution in [0.5, 0.6) is 0 Å². The SMILES string of the molecule is CCCN(CCC)C(=O)CNCCc1ccc(F)cc1. The number of amides is 1. The molecule has 0 fully saturated rings. The molecule has 0 aliphatic heterocycles. The van der Waals surface area contributed by atoms with E-state index in [-0.39, 0.29) is 11.7 Å². The summed E-state index contributed by atoms with van der Waals surface area (Å²) in [5, 5.41) is 3.16. The lowest BCUT2D eigenvalue weighted by molar-refractivity contribution is -0.130. The molecule has 0 heterocycles. The summed E-state index contributed by atoms with van der Waals surface area (Å²) in [6.07, 6.45) is 2.78. The summed E-state index contributed by atoms with van der Waals surface area (Å²) in [6, 6.07) is 6.48. The topological polar surface area (TPSA) is 32.3 Å². The lowest BCUT2D eigenvalue weighted by atomic mass is 10.1. The lowest BCUT2D eigenvalue weighted by Crippen LogP contribution is -2.39. The third-order valence-electron chi connectivity index (χ3n) is 3.12.